The van der Waals surface area contributed by atoms with Crippen LogP contribution in [0.15, 0.2) is 24.4 Å². The summed E-state index contributed by atoms with van der Waals surface area (Å²) in [5.74, 6) is 0.118. The van der Waals surface area contributed by atoms with Crippen molar-refractivity contribution >= 4 is 11.8 Å². The second kappa shape index (κ2) is 5.84. The van der Waals surface area contributed by atoms with Crippen molar-refractivity contribution in [3.63, 3.8) is 0 Å². The van der Waals surface area contributed by atoms with Crippen molar-refractivity contribution in [1.82, 2.24) is 15.2 Å². The number of pyridine rings is 1. The normalized spacial score (nSPS) is 25.1. The van der Waals surface area contributed by atoms with E-state index in [1.165, 1.54) is 0 Å². The van der Waals surface area contributed by atoms with E-state index >= 15 is 0 Å². The number of carbonyl (C=O) groups excluding carboxylic acids is 2. The lowest BCUT2D eigenvalue weighted by Gasteiger charge is -2.40. The van der Waals surface area contributed by atoms with Gasteiger partial charge in [0.1, 0.15) is 5.54 Å². The van der Waals surface area contributed by atoms with Crippen LogP contribution in [0.4, 0.5) is 0 Å². The van der Waals surface area contributed by atoms with E-state index in [1.54, 1.807) is 6.20 Å². The van der Waals surface area contributed by atoms with Gasteiger partial charge in [-0.1, -0.05) is 6.07 Å². The Morgan fingerprint density at radius 3 is 2.95 bits per heavy atom. The number of aryl methyl sites for hydroxylation is 1. The van der Waals surface area contributed by atoms with Gasteiger partial charge in [0.15, 0.2) is 0 Å². The lowest BCUT2D eigenvalue weighted by atomic mass is 9.86. The molecule has 1 aromatic heterocycles. The van der Waals surface area contributed by atoms with E-state index in [4.69, 9.17) is 0 Å². The number of rotatable bonds is 3. The van der Waals surface area contributed by atoms with E-state index in [1.807, 2.05) is 23.1 Å². The van der Waals surface area contributed by atoms with Crippen molar-refractivity contribution in [1.29, 1.82) is 0 Å². The summed E-state index contributed by atoms with van der Waals surface area (Å²) in [6.45, 7) is 1.44. The van der Waals surface area contributed by atoms with Gasteiger partial charge < -0.3 is 10.2 Å². The minimum atomic E-state index is -0.570. The summed E-state index contributed by atoms with van der Waals surface area (Å²) in [7, 11) is 0. The standard InChI is InChI=1S/C16H21N3O2/c20-14(7-6-13-5-1-2-10-17-13)19-12-4-9-16(19)8-3-11-18-15(16)21/h1-2,5,10H,3-4,6-9,11-12H2,(H,18,21). The number of piperidine rings is 1. The van der Waals surface area contributed by atoms with Crippen LogP contribution in [0.3, 0.4) is 0 Å². The van der Waals surface area contributed by atoms with Gasteiger partial charge in [0.2, 0.25) is 11.8 Å². The molecule has 0 saturated carbocycles. The SMILES string of the molecule is O=C(CCc1ccccn1)N1CCCC12CCCNC2=O. The molecule has 2 aliphatic heterocycles. The van der Waals surface area contributed by atoms with Gasteiger partial charge in [-0.15, -0.1) is 0 Å². The van der Waals surface area contributed by atoms with E-state index in [0.717, 1.165) is 37.9 Å². The Labute approximate surface area is 124 Å². The first-order chi connectivity index (χ1) is 10.2. The number of nitrogens with one attached hydrogen (secondary N) is 1. The summed E-state index contributed by atoms with van der Waals surface area (Å²) in [6, 6.07) is 5.73. The maximum absolute atomic E-state index is 12.6. The number of carbonyl (C=O) groups is 2. The zero-order valence-electron chi connectivity index (χ0n) is 12.2. The molecule has 5 heteroatoms. The summed E-state index contributed by atoms with van der Waals surface area (Å²) >= 11 is 0. The van der Waals surface area contributed by atoms with Crippen LogP contribution < -0.4 is 5.32 Å². The third-order valence-corrected chi connectivity index (χ3v) is 4.59. The average molecular weight is 287 g/mol. The summed E-state index contributed by atoms with van der Waals surface area (Å²) in [4.78, 5) is 30.9. The molecular weight excluding hydrogens is 266 g/mol. The molecule has 3 rings (SSSR count). The Hall–Kier alpha value is -1.91. The van der Waals surface area contributed by atoms with Gasteiger partial charge in [-0.25, -0.2) is 0 Å². The maximum Gasteiger partial charge on any atom is 0.245 e. The van der Waals surface area contributed by atoms with Crippen molar-refractivity contribution in [3.8, 4) is 0 Å². The van der Waals surface area contributed by atoms with E-state index in [-0.39, 0.29) is 11.8 Å². The Kier molecular flexibility index (Phi) is 3.90. The van der Waals surface area contributed by atoms with Crippen LogP contribution in [0.5, 0.6) is 0 Å². The van der Waals surface area contributed by atoms with Crippen LogP contribution in [-0.2, 0) is 16.0 Å². The Morgan fingerprint density at radius 2 is 2.19 bits per heavy atom. The number of aromatic nitrogens is 1. The molecule has 0 bridgehead atoms. The second-order valence-corrected chi connectivity index (χ2v) is 5.86. The average Bonchev–Trinajstić information content (AvgIpc) is 2.94. The molecule has 1 spiro atoms. The molecule has 5 nitrogen and oxygen atoms in total. The molecule has 21 heavy (non-hydrogen) atoms. The molecule has 1 atom stereocenters. The highest BCUT2D eigenvalue weighted by atomic mass is 16.2. The largest absolute Gasteiger partial charge is 0.354 e. The van der Waals surface area contributed by atoms with Gasteiger partial charge in [-0.2, -0.15) is 0 Å². The number of nitrogens with zero attached hydrogens (tertiary/aromatic N) is 2. The van der Waals surface area contributed by atoms with Crippen molar-refractivity contribution in [3.05, 3.63) is 30.1 Å². The first-order valence-corrected chi connectivity index (χ1v) is 7.71. The lowest BCUT2D eigenvalue weighted by molar-refractivity contribution is -0.147. The number of hydrogen-bond donors (Lipinski definition) is 1. The molecule has 2 amide bonds. The quantitative estimate of drug-likeness (QED) is 0.911. The van der Waals surface area contributed by atoms with Crippen molar-refractivity contribution in [2.75, 3.05) is 13.1 Å². The highest BCUT2D eigenvalue weighted by Crippen LogP contribution is 2.36. The van der Waals surface area contributed by atoms with Crippen molar-refractivity contribution in [2.24, 2.45) is 0 Å². The van der Waals surface area contributed by atoms with Crippen LogP contribution in [0.2, 0.25) is 0 Å². The summed E-state index contributed by atoms with van der Waals surface area (Å²) in [5, 5.41) is 2.93. The van der Waals surface area contributed by atoms with Crippen LogP contribution in [0, 0.1) is 0 Å². The highest BCUT2D eigenvalue weighted by molar-refractivity contribution is 5.92. The minimum absolute atomic E-state index is 0.0393. The van der Waals surface area contributed by atoms with E-state index in [0.29, 0.717) is 19.4 Å². The molecule has 0 radical (unpaired) electrons. The fourth-order valence-electron chi connectivity index (χ4n) is 3.51. The zero-order valence-corrected chi connectivity index (χ0v) is 12.2. The summed E-state index contributed by atoms with van der Waals surface area (Å²) in [6.07, 6.45) is 6.27. The summed E-state index contributed by atoms with van der Waals surface area (Å²) < 4.78 is 0. The first kappa shape index (κ1) is 14.0. The summed E-state index contributed by atoms with van der Waals surface area (Å²) in [5.41, 5.74) is 0.353. The first-order valence-electron chi connectivity index (χ1n) is 7.71. The molecular formula is C16H21N3O2. The predicted octanol–water partition coefficient (Wildman–Crippen LogP) is 1.29. The van der Waals surface area contributed by atoms with Gasteiger partial charge in [0.25, 0.3) is 0 Å². The number of likely N-dealkylation sites (tertiary alicyclic amines) is 1. The number of amides is 2. The highest BCUT2D eigenvalue weighted by Gasteiger charge is 2.50. The molecule has 3 heterocycles. The van der Waals surface area contributed by atoms with E-state index in [9.17, 15) is 9.59 Å². The van der Waals surface area contributed by atoms with Gasteiger partial charge in [0, 0.05) is 31.4 Å². The molecule has 1 aromatic rings. The van der Waals surface area contributed by atoms with Gasteiger partial charge in [-0.05, 0) is 44.2 Å². The fourth-order valence-corrected chi connectivity index (χ4v) is 3.51. The van der Waals surface area contributed by atoms with Crippen molar-refractivity contribution in [2.45, 2.75) is 44.1 Å². The Balaban J connectivity index is 1.67. The van der Waals surface area contributed by atoms with Crippen LogP contribution in [0.1, 0.15) is 37.8 Å². The Bertz CT molecular complexity index is 532. The molecule has 1 unspecified atom stereocenters. The van der Waals surface area contributed by atoms with E-state index in [2.05, 4.69) is 10.3 Å². The molecule has 0 aromatic carbocycles. The van der Waals surface area contributed by atoms with Crippen LogP contribution >= 0.6 is 0 Å². The fraction of sp³-hybridized carbons (Fsp3) is 0.562. The molecule has 2 saturated heterocycles. The van der Waals surface area contributed by atoms with Crippen LogP contribution in [-0.4, -0.2) is 40.3 Å². The molecule has 0 aliphatic carbocycles. The van der Waals surface area contributed by atoms with Crippen LogP contribution in [0.25, 0.3) is 0 Å². The van der Waals surface area contributed by atoms with Gasteiger partial charge in [0.05, 0.1) is 0 Å². The second-order valence-electron chi connectivity index (χ2n) is 5.86. The third kappa shape index (κ3) is 2.64. The third-order valence-electron chi connectivity index (χ3n) is 4.59. The molecule has 2 fully saturated rings. The van der Waals surface area contributed by atoms with Crippen molar-refractivity contribution < 1.29 is 9.59 Å². The Morgan fingerprint density at radius 1 is 1.33 bits per heavy atom. The number of hydrogen-bond acceptors (Lipinski definition) is 3. The molecule has 112 valence electrons. The van der Waals surface area contributed by atoms with E-state index < -0.39 is 5.54 Å². The lowest BCUT2D eigenvalue weighted by Crippen LogP contribution is -2.60. The monoisotopic (exact) mass is 287 g/mol. The maximum atomic E-state index is 12.6. The molecule has 2 aliphatic rings. The smallest absolute Gasteiger partial charge is 0.245 e. The van der Waals surface area contributed by atoms with Gasteiger partial charge in [-0.3, -0.25) is 14.6 Å². The van der Waals surface area contributed by atoms with Gasteiger partial charge >= 0.3 is 0 Å². The zero-order chi connectivity index (χ0) is 14.7. The minimum Gasteiger partial charge on any atom is -0.354 e. The predicted molar refractivity (Wildman–Crippen MR) is 78.5 cm³/mol. The topological polar surface area (TPSA) is 62.3 Å². The molecule has 1 N–H and O–H groups in total.